The van der Waals surface area contributed by atoms with Crippen LogP contribution in [0.15, 0.2) is 17.2 Å². The van der Waals surface area contributed by atoms with Gasteiger partial charge >= 0.3 is 0 Å². The number of rotatable bonds is 5. The van der Waals surface area contributed by atoms with Crippen molar-refractivity contribution in [3.8, 4) is 12.3 Å². The lowest BCUT2D eigenvalue weighted by Crippen LogP contribution is -2.31. The average Bonchev–Trinajstić information content (AvgIpc) is 2.74. The Labute approximate surface area is 95.7 Å². The second kappa shape index (κ2) is 5.16. The van der Waals surface area contributed by atoms with Crippen LogP contribution in [-0.2, 0) is 16.6 Å². The first-order valence-electron chi connectivity index (χ1n) is 4.87. The zero-order valence-corrected chi connectivity index (χ0v) is 9.92. The quantitative estimate of drug-likeness (QED) is 0.718. The van der Waals surface area contributed by atoms with Gasteiger partial charge in [-0.25, -0.2) is 8.42 Å². The van der Waals surface area contributed by atoms with Crippen LogP contribution in [0.4, 0.5) is 0 Å². The normalized spacial score (nSPS) is 11.6. The molecule has 0 aliphatic carbocycles. The fourth-order valence-corrected chi connectivity index (χ4v) is 2.68. The van der Waals surface area contributed by atoms with Gasteiger partial charge < -0.3 is 10.7 Å². The van der Waals surface area contributed by atoms with Crippen LogP contribution < -0.4 is 5.73 Å². The Morgan fingerprint density at radius 3 is 2.75 bits per heavy atom. The van der Waals surface area contributed by atoms with E-state index in [0.717, 1.165) is 0 Å². The molecular formula is C10H15N3O2S. The Morgan fingerprint density at radius 1 is 1.62 bits per heavy atom. The van der Waals surface area contributed by atoms with Gasteiger partial charge in [-0.05, 0) is 6.07 Å². The lowest BCUT2D eigenvalue weighted by molar-refractivity contribution is 0.464. The maximum Gasteiger partial charge on any atom is 0.245 e. The minimum Gasteiger partial charge on any atom is -0.363 e. The van der Waals surface area contributed by atoms with Gasteiger partial charge in [0.1, 0.15) is 0 Å². The molecule has 3 N–H and O–H groups in total. The summed E-state index contributed by atoms with van der Waals surface area (Å²) in [6.07, 6.45) is 6.55. The molecule has 0 amide bonds. The van der Waals surface area contributed by atoms with Crippen LogP contribution >= 0.6 is 0 Å². The lowest BCUT2D eigenvalue weighted by atomic mass is 10.4. The van der Waals surface area contributed by atoms with E-state index in [-0.39, 0.29) is 18.0 Å². The number of H-pyrrole nitrogens is 1. The van der Waals surface area contributed by atoms with E-state index in [0.29, 0.717) is 12.2 Å². The molecule has 0 atom stereocenters. The standard InChI is InChI=1S/C10H15N3O2S/c1-3-5-13(4-2)16(14,15)10-6-9(7-11)12-8-10/h1,6,8,12H,4-5,7,11H2,2H3. The van der Waals surface area contributed by atoms with E-state index >= 15 is 0 Å². The molecule has 0 aromatic carbocycles. The summed E-state index contributed by atoms with van der Waals surface area (Å²) >= 11 is 0. The van der Waals surface area contributed by atoms with Crippen LogP contribution in [0.5, 0.6) is 0 Å². The Morgan fingerprint density at radius 2 is 2.31 bits per heavy atom. The number of nitrogens with two attached hydrogens (primary N) is 1. The maximum absolute atomic E-state index is 12.1. The smallest absolute Gasteiger partial charge is 0.245 e. The first kappa shape index (κ1) is 12.8. The number of hydrogen-bond donors (Lipinski definition) is 2. The molecule has 0 bridgehead atoms. The molecule has 0 radical (unpaired) electrons. The van der Waals surface area contributed by atoms with Crippen molar-refractivity contribution in [3.63, 3.8) is 0 Å². The minimum absolute atomic E-state index is 0.0714. The topological polar surface area (TPSA) is 79.2 Å². The van der Waals surface area contributed by atoms with E-state index in [1.54, 1.807) is 6.92 Å². The van der Waals surface area contributed by atoms with Crippen molar-refractivity contribution in [2.24, 2.45) is 5.73 Å². The third kappa shape index (κ3) is 2.44. The van der Waals surface area contributed by atoms with Crippen molar-refractivity contribution >= 4 is 10.0 Å². The first-order chi connectivity index (χ1) is 7.56. The van der Waals surface area contributed by atoms with Crippen LogP contribution in [-0.4, -0.2) is 30.8 Å². The second-order valence-corrected chi connectivity index (χ2v) is 5.14. The summed E-state index contributed by atoms with van der Waals surface area (Å²) in [5, 5.41) is 0. The van der Waals surface area contributed by atoms with Crippen LogP contribution in [0.2, 0.25) is 0 Å². The van der Waals surface area contributed by atoms with Crippen LogP contribution in [0.25, 0.3) is 0 Å². The van der Waals surface area contributed by atoms with E-state index in [1.807, 2.05) is 0 Å². The van der Waals surface area contributed by atoms with Crippen molar-refractivity contribution in [3.05, 3.63) is 18.0 Å². The molecule has 1 aromatic rings. The molecule has 16 heavy (non-hydrogen) atoms. The number of aromatic amines is 1. The Bertz CT molecular complexity index is 484. The highest BCUT2D eigenvalue weighted by Crippen LogP contribution is 2.15. The second-order valence-electron chi connectivity index (χ2n) is 3.20. The summed E-state index contributed by atoms with van der Waals surface area (Å²) in [6.45, 7) is 2.43. The Balaban J connectivity index is 3.05. The summed E-state index contributed by atoms with van der Waals surface area (Å²) < 4.78 is 25.3. The number of hydrogen-bond acceptors (Lipinski definition) is 3. The molecular weight excluding hydrogens is 226 g/mol. The highest BCUT2D eigenvalue weighted by molar-refractivity contribution is 7.89. The fraction of sp³-hybridized carbons (Fsp3) is 0.400. The summed E-state index contributed by atoms with van der Waals surface area (Å²) in [5.74, 6) is 2.33. The number of terminal acetylenes is 1. The van der Waals surface area contributed by atoms with Gasteiger partial charge in [0.2, 0.25) is 10.0 Å². The lowest BCUT2D eigenvalue weighted by Gasteiger charge is -2.16. The fourth-order valence-electron chi connectivity index (χ4n) is 1.30. The molecule has 0 saturated carbocycles. The van der Waals surface area contributed by atoms with Gasteiger partial charge in [0.05, 0.1) is 11.4 Å². The predicted molar refractivity (Wildman–Crippen MR) is 61.9 cm³/mol. The van der Waals surface area contributed by atoms with E-state index in [2.05, 4.69) is 10.9 Å². The Hall–Kier alpha value is -1.29. The highest BCUT2D eigenvalue weighted by atomic mass is 32.2. The monoisotopic (exact) mass is 241 g/mol. The van der Waals surface area contributed by atoms with E-state index < -0.39 is 10.0 Å². The van der Waals surface area contributed by atoms with Gasteiger partial charge in [-0.15, -0.1) is 6.42 Å². The van der Waals surface area contributed by atoms with Gasteiger partial charge in [0.15, 0.2) is 0 Å². The largest absolute Gasteiger partial charge is 0.363 e. The molecule has 0 aliphatic heterocycles. The third-order valence-electron chi connectivity index (χ3n) is 2.19. The first-order valence-corrected chi connectivity index (χ1v) is 6.31. The molecule has 6 heteroatoms. The van der Waals surface area contributed by atoms with Crippen LogP contribution in [0.1, 0.15) is 12.6 Å². The van der Waals surface area contributed by atoms with Gasteiger partial charge in [0.25, 0.3) is 0 Å². The molecule has 5 nitrogen and oxygen atoms in total. The molecule has 1 rings (SSSR count). The van der Waals surface area contributed by atoms with Crippen LogP contribution in [0, 0.1) is 12.3 Å². The van der Waals surface area contributed by atoms with Gasteiger partial charge in [-0.3, -0.25) is 0 Å². The molecule has 1 aromatic heterocycles. The molecule has 0 unspecified atom stereocenters. The number of nitrogens with one attached hydrogen (secondary N) is 1. The van der Waals surface area contributed by atoms with E-state index in [9.17, 15) is 8.42 Å². The molecule has 88 valence electrons. The maximum atomic E-state index is 12.1. The van der Waals surface area contributed by atoms with Crippen molar-refractivity contribution in [1.82, 2.24) is 9.29 Å². The van der Waals surface area contributed by atoms with Gasteiger partial charge in [0, 0.05) is 25.0 Å². The highest BCUT2D eigenvalue weighted by Gasteiger charge is 2.23. The number of nitrogens with zero attached hydrogens (tertiary/aromatic N) is 1. The molecule has 1 heterocycles. The van der Waals surface area contributed by atoms with Gasteiger partial charge in [-0.1, -0.05) is 12.8 Å². The summed E-state index contributed by atoms with van der Waals surface area (Å²) in [4.78, 5) is 3.00. The Kier molecular flexibility index (Phi) is 4.12. The summed E-state index contributed by atoms with van der Waals surface area (Å²) in [7, 11) is -3.50. The van der Waals surface area contributed by atoms with Crippen molar-refractivity contribution in [1.29, 1.82) is 0 Å². The van der Waals surface area contributed by atoms with E-state index in [4.69, 9.17) is 12.2 Å². The van der Waals surface area contributed by atoms with Crippen molar-refractivity contribution in [2.45, 2.75) is 18.4 Å². The van der Waals surface area contributed by atoms with Crippen molar-refractivity contribution < 1.29 is 8.42 Å². The van der Waals surface area contributed by atoms with Crippen molar-refractivity contribution in [2.75, 3.05) is 13.1 Å². The zero-order valence-electron chi connectivity index (χ0n) is 9.10. The summed E-state index contributed by atoms with van der Waals surface area (Å²) in [5.41, 5.74) is 6.08. The van der Waals surface area contributed by atoms with Crippen LogP contribution in [0.3, 0.4) is 0 Å². The number of sulfonamides is 1. The molecule has 0 aliphatic rings. The predicted octanol–water partition coefficient (Wildman–Crippen LogP) is 0.117. The SMILES string of the molecule is C#CCN(CC)S(=O)(=O)c1c[nH]c(CN)c1. The molecule has 0 saturated heterocycles. The molecule has 0 fully saturated rings. The van der Waals surface area contributed by atoms with E-state index in [1.165, 1.54) is 16.6 Å². The number of aromatic nitrogens is 1. The minimum atomic E-state index is -3.50. The zero-order chi connectivity index (χ0) is 12.2. The van der Waals surface area contributed by atoms with Gasteiger partial charge in [-0.2, -0.15) is 4.31 Å². The average molecular weight is 241 g/mol. The molecule has 0 spiro atoms. The summed E-state index contributed by atoms with van der Waals surface area (Å²) in [6, 6.07) is 1.52. The third-order valence-corrected chi connectivity index (χ3v) is 4.09.